The van der Waals surface area contributed by atoms with E-state index in [1.54, 1.807) is 11.8 Å². The molecule has 9 heteroatoms. The van der Waals surface area contributed by atoms with Gasteiger partial charge in [-0.05, 0) is 56.1 Å². The quantitative estimate of drug-likeness (QED) is 0.751. The third-order valence-corrected chi connectivity index (χ3v) is 6.07. The van der Waals surface area contributed by atoms with E-state index in [0.717, 1.165) is 48.7 Å². The smallest absolute Gasteiger partial charge is 0.416 e. The van der Waals surface area contributed by atoms with Gasteiger partial charge in [0.25, 0.3) is 0 Å². The Morgan fingerprint density at radius 3 is 2.72 bits per heavy atom. The van der Waals surface area contributed by atoms with Gasteiger partial charge in [-0.15, -0.1) is 10.2 Å². The molecule has 29 heavy (non-hydrogen) atoms. The zero-order valence-corrected chi connectivity index (χ0v) is 17.2. The molecule has 1 saturated heterocycles. The molecule has 1 atom stereocenters. The lowest BCUT2D eigenvalue weighted by Gasteiger charge is -2.31. The van der Waals surface area contributed by atoms with Crippen molar-refractivity contribution in [3.05, 3.63) is 35.4 Å². The van der Waals surface area contributed by atoms with Crippen LogP contribution in [0.5, 0.6) is 5.75 Å². The Hall–Kier alpha value is -1.84. The van der Waals surface area contributed by atoms with Crippen LogP contribution in [0.25, 0.3) is 11.3 Å². The standard InChI is InChI=1S/C20H24F3N3O2S/c1-13-10-18(29-15-4-3-7-26(12-15)8-9-27)24-25-19(13)16-6-5-14(20(21,22)23)11-17(16)28-2/h5-6,10-11,15,27H,3-4,7-9,12H2,1-2H3/t15-/m1/s1. The fraction of sp³-hybridized carbons (Fsp3) is 0.500. The molecule has 0 amide bonds. The average molecular weight is 427 g/mol. The van der Waals surface area contributed by atoms with Crippen molar-refractivity contribution in [2.75, 3.05) is 33.4 Å². The third kappa shape index (κ3) is 5.40. The predicted octanol–water partition coefficient (Wildman–Crippen LogP) is 4.03. The van der Waals surface area contributed by atoms with Crippen LogP contribution in [0.4, 0.5) is 13.2 Å². The Kier molecular flexibility index (Phi) is 7.02. The van der Waals surface area contributed by atoms with E-state index < -0.39 is 11.7 Å². The van der Waals surface area contributed by atoms with Crippen molar-refractivity contribution < 1.29 is 23.0 Å². The van der Waals surface area contributed by atoms with Crippen molar-refractivity contribution in [1.29, 1.82) is 0 Å². The van der Waals surface area contributed by atoms with Crippen molar-refractivity contribution in [3.63, 3.8) is 0 Å². The summed E-state index contributed by atoms with van der Waals surface area (Å²) in [4.78, 5) is 2.24. The van der Waals surface area contributed by atoms with Crippen LogP contribution in [0.1, 0.15) is 24.0 Å². The van der Waals surface area contributed by atoms with Gasteiger partial charge in [-0.3, -0.25) is 4.90 Å². The number of aliphatic hydroxyl groups is 1. The summed E-state index contributed by atoms with van der Waals surface area (Å²) in [5.41, 5.74) is 1.04. The Bertz CT molecular complexity index is 846. The lowest BCUT2D eigenvalue weighted by molar-refractivity contribution is -0.137. The summed E-state index contributed by atoms with van der Waals surface area (Å²) in [5, 5.41) is 18.9. The normalized spacial score (nSPS) is 18.1. The number of piperidine rings is 1. The monoisotopic (exact) mass is 427 g/mol. The molecule has 1 N–H and O–H groups in total. The van der Waals surface area contributed by atoms with E-state index in [0.29, 0.717) is 23.1 Å². The second-order valence-corrected chi connectivity index (χ2v) is 8.35. The van der Waals surface area contributed by atoms with E-state index in [4.69, 9.17) is 9.84 Å². The molecule has 2 heterocycles. The maximum absolute atomic E-state index is 13.0. The number of benzene rings is 1. The fourth-order valence-corrected chi connectivity index (χ4v) is 4.72. The van der Waals surface area contributed by atoms with Gasteiger partial charge in [0.15, 0.2) is 0 Å². The molecule has 0 bridgehead atoms. The molecule has 1 aliphatic rings. The third-order valence-electron chi connectivity index (χ3n) is 4.91. The molecule has 0 saturated carbocycles. The van der Waals surface area contributed by atoms with Gasteiger partial charge < -0.3 is 9.84 Å². The maximum atomic E-state index is 13.0. The largest absolute Gasteiger partial charge is 0.496 e. The Labute approximate surface area is 172 Å². The second-order valence-electron chi connectivity index (χ2n) is 7.03. The van der Waals surface area contributed by atoms with E-state index in [1.807, 2.05) is 13.0 Å². The van der Waals surface area contributed by atoms with Crippen molar-refractivity contribution in [2.45, 2.75) is 36.2 Å². The fourth-order valence-electron chi connectivity index (χ4n) is 3.47. The van der Waals surface area contributed by atoms with Gasteiger partial charge in [0.2, 0.25) is 0 Å². The number of aryl methyl sites for hydroxylation is 1. The molecule has 5 nitrogen and oxygen atoms in total. The van der Waals surface area contributed by atoms with Crippen LogP contribution < -0.4 is 4.74 Å². The number of thioether (sulfide) groups is 1. The lowest BCUT2D eigenvalue weighted by Crippen LogP contribution is -2.38. The first-order valence-corrected chi connectivity index (χ1v) is 10.3. The number of methoxy groups -OCH3 is 1. The number of ether oxygens (including phenoxy) is 1. The van der Waals surface area contributed by atoms with E-state index in [1.165, 1.54) is 13.2 Å². The summed E-state index contributed by atoms with van der Waals surface area (Å²) in [5.74, 6) is 0.115. The molecule has 0 radical (unpaired) electrons. The predicted molar refractivity (Wildman–Crippen MR) is 106 cm³/mol. The van der Waals surface area contributed by atoms with Gasteiger partial charge in [-0.2, -0.15) is 13.2 Å². The molecule has 1 aromatic carbocycles. The van der Waals surface area contributed by atoms with Gasteiger partial charge in [-0.1, -0.05) is 11.8 Å². The van der Waals surface area contributed by atoms with Gasteiger partial charge in [-0.25, -0.2) is 0 Å². The number of hydrogen-bond donors (Lipinski definition) is 1. The van der Waals surface area contributed by atoms with Gasteiger partial charge >= 0.3 is 6.18 Å². The number of nitrogens with zero attached hydrogens (tertiary/aromatic N) is 3. The first kappa shape index (κ1) is 21.9. The molecule has 2 aromatic rings. The molecule has 1 aliphatic heterocycles. The topological polar surface area (TPSA) is 58.5 Å². The van der Waals surface area contributed by atoms with Crippen LogP contribution in [-0.2, 0) is 6.18 Å². The van der Waals surface area contributed by atoms with Gasteiger partial charge in [0.05, 0.1) is 25.0 Å². The highest BCUT2D eigenvalue weighted by molar-refractivity contribution is 7.99. The molecule has 158 valence electrons. The van der Waals surface area contributed by atoms with Crippen LogP contribution in [0.2, 0.25) is 0 Å². The maximum Gasteiger partial charge on any atom is 0.416 e. The zero-order chi connectivity index (χ0) is 21.0. The molecular weight excluding hydrogens is 403 g/mol. The van der Waals surface area contributed by atoms with Crippen molar-refractivity contribution >= 4 is 11.8 Å². The number of halogens is 3. The zero-order valence-electron chi connectivity index (χ0n) is 16.4. The van der Waals surface area contributed by atoms with Crippen LogP contribution in [0, 0.1) is 6.92 Å². The van der Waals surface area contributed by atoms with Crippen LogP contribution in [-0.4, -0.2) is 58.8 Å². The molecular formula is C20H24F3N3O2S. The van der Waals surface area contributed by atoms with E-state index >= 15 is 0 Å². The first-order chi connectivity index (χ1) is 13.8. The average Bonchev–Trinajstić information content (AvgIpc) is 2.67. The number of aromatic nitrogens is 2. The van der Waals surface area contributed by atoms with Gasteiger partial charge in [0, 0.05) is 23.9 Å². The number of hydrogen-bond acceptors (Lipinski definition) is 6. The molecule has 0 unspecified atom stereocenters. The number of β-amino-alcohol motifs (C(OH)–C–C–N with tert-alkyl or cyclic N) is 1. The van der Waals surface area contributed by atoms with E-state index in [9.17, 15) is 13.2 Å². The van der Waals surface area contributed by atoms with E-state index in [2.05, 4.69) is 15.1 Å². The first-order valence-electron chi connectivity index (χ1n) is 9.41. The van der Waals surface area contributed by atoms with Crippen LogP contribution in [0.15, 0.2) is 29.3 Å². The van der Waals surface area contributed by atoms with Crippen molar-refractivity contribution in [2.24, 2.45) is 0 Å². The number of alkyl halides is 3. The second kappa shape index (κ2) is 9.32. The summed E-state index contributed by atoms with van der Waals surface area (Å²) in [6.07, 6.45) is -2.29. The summed E-state index contributed by atoms with van der Waals surface area (Å²) in [6, 6.07) is 5.30. The molecule has 1 aromatic heterocycles. The van der Waals surface area contributed by atoms with E-state index in [-0.39, 0.29) is 12.4 Å². The van der Waals surface area contributed by atoms with Crippen LogP contribution in [0.3, 0.4) is 0 Å². The van der Waals surface area contributed by atoms with Crippen LogP contribution >= 0.6 is 11.8 Å². The highest BCUT2D eigenvalue weighted by Crippen LogP contribution is 2.38. The minimum Gasteiger partial charge on any atom is -0.496 e. The summed E-state index contributed by atoms with van der Waals surface area (Å²) >= 11 is 1.65. The highest BCUT2D eigenvalue weighted by atomic mass is 32.2. The molecule has 0 spiro atoms. The molecule has 3 rings (SSSR count). The SMILES string of the molecule is COc1cc(C(F)(F)F)ccc1-c1nnc(S[C@@H]2CCCN(CCO)C2)cc1C. The minimum atomic E-state index is -4.43. The summed E-state index contributed by atoms with van der Waals surface area (Å²) in [6.45, 7) is 4.58. The summed E-state index contributed by atoms with van der Waals surface area (Å²) in [7, 11) is 1.34. The Morgan fingerprint density at radius 1 is 1.28 bits per heavy atom. The molecule has 1 fully saturated rings. The minimum absolute atomic E-state index is 0.115. The Balaban J connectivity index is 1.79. The lowest BCUT2D eigenvalue weighted by atomic mass is 10.0. The molecule has 0 aliphatic carbocycles. The summed E-state index contributed by atoms with van der Waals surface area (Å²) < 4.78 is 44.1. The highest BCUT2D eigenvalue weighted by Gasteiger charge is 2.31. The van der Waals surface area contributed by atoms with Crippen molar-refractivity contribution in [3.8, 4) is 17.0 Å². The Morgan fingerprint density at radius 2 is 2.07 bits per heavy atom. The van der Waals surface area contributed by atoms with Gasteiger partial charge in [0.1, 0.15) is 10.8 Å². The number of aliphatic hydroxyl groups excluding tert-OH is 1. The van der Waals surface area contributed by atoms with Crippen molar-refractivity contribution in [1.82, 2.24) is 15.1 Å². The number of likely N-dealkylation sites (tertiary alicyclic amines) is 1. The number of rotatable bonds is 6.